The van der Waals surface area contributed by atoms with Crippen LogP contribution in [0, 0.1) is 0 Å². The molecule has 0 aliphatic rings. The van der Waals surface area contributed by atoms with Crippen LogP contribution in [-0.4, -0.2) is 36.4 Å². The Morgan fingerprint density at radius 3 is 1.16 bits per heavy atom. The summed E-state index contributed by atoms with van der Waals surface area (Å²) in [6, 6.07) is 0. The normalized spacial score (nSPS) is 12.0. The number of aliphatic hydroxyl groups excluding tert-OH is 1. The van der Waals surface area contributed by atoms with Crippen molar-refractivity contribution in [2.45, 2.75) is 187 Å². The first kappa shape index (κ1) is 36.9. The summed E-state index contributed by atoms with van der Waals surface area (Å²) in [4.78, 5) is 24.0. The molecule has 0 amide bonds. The van der Waals surface area contributed by atoms with Crippen molar-refractivity contribution in [2.75, 3.05) is 13.2 Å². The molecule has 1 N–H and O–H groups in total. The number of esters is 2. The highest BCUT2D eigenvalue weighted by Gasteiger charge is 2.16. The van der Waals surface area contributed by atoms with E-state index in [1.807, 2.05) is 0 Å². The predicted molar refractivity (Wildman–Crippen MR) is 159 cm³/mol. The Hall–Kier alpha value is -1.10. The molecule has 5 nitrogen and oxygen atoms in total. The summed E-state index contributed by atoms with van der Waals surface area (Å²) in [5, 5.41) is 9.47. The summed E-state index contributed by atoms with van der Waals surface area (Å²) < 4.78 is 10.5. The van der Waals surface area contributed by atoms with Crippen molar-refractivity contribution in [2.24, 2.45) is 0 Å². The van der Waals surface area contributed by atoms with Gasteiger partial charge in [-0.2, -0.15) is 0 Å². The number of rotatable bonds is 30. The van der Waals surface area contributed by atoms with Crippen molar-refractivity contribution >= 4 is 11.9 Å². The van der Waals surface area contributed by atoms with E-state index in [0.717, 1.165) is 38.5 Å². The van der Waals surface area contributed by atoms with Gasteiger partial charge in [0.1, 0.15) is 6.61 Å². The molecule has 0 spiro atoms. The lowest BCUT2D eigenvalue weighted by Crippen LogP contribution is -2.28. The molecule has 0 saturated carbocycles. The van der Waals surface area contributed by atoms with Crippen LogP contribution in [-0.2, 0) is 19.1 Å². The number of hydrogen-bond acceptors (Lipinski definition) is 5. The molecular weight excluding hydrogens is 476 g/mol. The smallest absolute Gasteiger partial charge is 0.306 e. The largest absolute Gasteiger partial charge is 0.462 e. The third kappa shape index (κ3) is 27.9. The van der Waals surface area contributed by atoms with E-state index in [4.69, 9.17) is 9.47 Å². The number of carbonyl (C=O) groups excluding carboxylic acids is 2. The molecule has 0 radical (unpaired) electrons. The Labute approximate surface area is 236 Å². The molecule has 226 valence electrons. The van der Waals surface area contributed by atoms with Gasteiger partial charge in [0.15, 0.2) is 6.10 Å². The van der Waals surface area contributed by atoms with E-state index >= 15 is 0 Å². The fourth-order valence-corrected chi connectivity index (χ4v) is 4.85. The summed E-state index contributed by atoms with van der Waals surface area (Å²) >= 11 is 0. The van der Waals surface area contributed by atoms with E-state index in [0.29, 0.717) is 12.8 Å². The lowest BCUT2D eigenvalue weighted by Gasteiger charge is -2.15. The van der Waals surface area contributed by atoms with Crippen molar-refractivity contribution in [1.29, 1.82) is 0 Å². The molecule has 0 aromatic rings. The van der Waals surface area contributed by atoms with Gasteiger partial charge in [-0.15, -0.1) is 0 Å². The zero-order valence-electron chi connectivity index (χ0n) is 25.5. The lowest BCUT2D eigenvalue weighted by molar-refractivity contribution is -0.161. The molecule has 0 aromatic heterocycles. The monoisotopic (exact) mass is 540 g/mol. The van der Waals surface area contributed by atoms with E-state index < -0.39 is 6.10 Å². The highest BCUT2D eigenvalue weighted by molar-refractivity contribution is 5.70. The molecule has 0 rings (SSSR count). The fourth-order valence-electron chi connectivity index (χ4n) is 4.85. The summed E-state index contributed by atoms with van der Waals surface area (Å²) in [6.45, 7) is 4.12. The Balaban J connectivity index is 3.53. The molecule has 0 aliphatic heterocycles. The van der Waals surface area contributed by atoms with E-state index in [1.165, 1.54) is 116 Å². The SMILES string of the molecule is CCCCCCCCCCCCCCCCCC(=O)O[C@@H](CO)COC(=O)CCCCCCCCCCC. The zero-order valence-corrected chi connectivity index (χ0v) is 25.5. The predicted octanol–water partition coefficient (Wildman–Crippen LogP) is 9.62. The Morgan fingerprint density at radius 2 is 0.816 bits per heavy atom. The average molecular weight is 541 g/mol. The number of carbonyl (C=O) groups is 2. The number of hydrogen-bond donors (Lipinski definition) is 1. The first-order valence-corrected chi connectivity index (χ1v) is 16.6. The Bertz CT molecular complexity index is 508. The fraction of sp³-hybridized carbons (Fsp3) is 0.939. The second-order valence-corrected chi connectivity index (χ2v) is 11.3. The van der Waals surface area contributed by atoms with Crippen LogP contribution in [0.25, 0.3) is 0 Å². The van der Waals surface area contributed by atoms with Crippen LogP contribution in [0.1, 0.15) is 181 Å². The lowest BCUT2D eigenvalue weighted by atomic mass is 10.0. The Kier molecular flexibility index (Phi) is 29.6. The minimum atomic E-state index is -0.758. The van der Waals surface area contributed by atoms with Crippen LogP contribution >= 0.6 is 0 Å². The summed E-state index contributed by atoms with van der Waals surface area (Å²) in [6.07, 6.45) is 30.1. The van der Waals surface area contributed by atoms with Gasteiger partial charge in [0.05, 0.1) is 6.61 Å². The third-order valence-corrected chi connectivity index (χ3v) is 7.40. The molecule has 0 bridgehead atoms. The minimum Gasteiger partial charge on any atom is -0.462 e. The van der Waals surface area contributed by atoms with Gasteiger partial charge in [0.25, 0.3) is 0 Å². The quantitative estimate of drug-likeness (QED) is 0.0725. The number of ether oxygens (including phenoxy) is 2. The van der Waals surface area contributed by atoms with Gasteiger partial charge in [-0.3, -0.25) is 9.59 Å². The molecule has 0 saturated heterocycles. The molecule has 0 aliphatic carbocycles. The van der Waals surface area contributed by atoms with Crippen molar-refractivity contribution < 1.29 is 24.2 Å². The van der Waals surface area contributed by atoms with Crippen molar-refractivity contribution in [3.63, 3.8) is 0 Å². The molecule has 1 atom stereocenters. The highest BCUT2D eigenvalue weighted by atomic mass is 16.6. The average Bonchev–Trinajstić information content (AvgIpc) is 2.92. The van der Waals surface area contributed by atoms with Crippen LogP contribution in [0.4, 0.5) is 0 Å². The molecule has 38 heavy (non-hydrogen) atoms. The molecule has 0 aromatic carbocycles. The van der Waals surface area contributed by atoms with Gasteiger partial charge in [-0.1, -0.05) is 155 Å². The molecule has 0 fully saturated rings. The maximum Gasteiger partial charge on any atom is 0.306 e. The van der Waals surface area contributed by atoms with Gasteiger partial charge in [-0.05, 0) is 12.8 Å². The Morgan fingerprint density at radius 1 is 0.500 bits per heavy atom. The molecule has 5 heteroatoms. The van der Waals surface area contributed by atoms with Crippen molar-refractivity contribution in [3.05, 3.63) is 0 Å². The zero-order chi connectivity index (χ0) is 27.9. The maximum atomic E-state index is 12.1. The van der Waals surface area contributed by atoms with E-state index in [2.05, 4.69) is 13.8 Å². The summed E-state index contributed by atoms with van der Waals surface area (Å²) in [5.41, 5.74) is 0. The van der Waals surface area contributed by atoms with Crippen molar-refractivity contribution in [3.8, 4) is 0 Å². The highest BCUT2D eigenvalue weighted by Crippen LogP contribution is 2.14. The maximum absolute atomic E-state index is 12.1. The number of aliphatic hydroxyl groups is 1. The second-order valence-electron chi connectivity index (χ2n) is 11.3. The summed E-state index contributed by atoms with van der Waals surface area (Å²) in [5.74, 6) is -0.585. The van der Waals surface area contributed by atoms with E-state index in [1.54, 1.807) is 0 Å². The van der Waals surface area contributed by atoms with Gasteiger partial charge >= 0.3 is 11.9 Å². The van der Waals surface area contributed by atoms with Crippen molar-refractivity contribution in [1.82, 2.24) is 0 Å². The number of unbranched alkanes of at least 4 members (excludes halogenated alkanes) is 22. The molecular formula is C33H64O5. The van der Waals surface area contributed by atoms with E-state index in [-0.39, 0.29) is 25.2 Å². The third-order valence-electron chi connectivity index (χ3n) is 7.40. The topological polar surface area (TPSA) is 72.8 Å². The van der Waals surface area contributed by atoms with Crippen LogP contribution in [0.3, 0.4) is 0 Å². The minimum absolute atomic E-state index is 0.0582. The van der Waals surface area contributed by atoms with Crippen LogP contribution in [0.15, 0.2) is 0 Å². The van der Waals surface area contributed by atoms with Gasteiger partial charge in [0.2, 0.25) is 0 Å². The van der Waals surface area contributed by atoms with Gasteiger partial charge in [-0.25, -0.2) is 0 Å². The van der Waals surface area contributed by atoms with Crippen LogP contribution in [0.2, 0.25) is 0 Å². The van der Waals surface area contributed by atoms with Gasteiger partial charge < -0.3 is 14.6 Å². The standard InChI is InChI=1S/C33H64O5/c1-3-5-7-9-11-13-14-15-16-17-18-20-22-24-26-28-33(36)38-31(29-34)30-37-32(35)27-25-23-21-19-12-10-8-6-4-2/h31,34H,3-30H2,1-2H3/t31-/m0/s1. The van der Waals surface area contributed by atoms with Gasteiger partial charge in [0, 0.05) is 12.8 Å². The first-order chi connectivity index (χ1) is 18.6. The first-order valence-electron chi connectivity index (χ1n) is 16.6. The summed E-state index contributed by atoms with van der Waals surface area (Å²) in [7, 11) is 0. The van der Waals surface area contributed by atoms with Crippen LogP contribution < -0.4 is 0 Å². The van der Waals surface area contributed by atoms with E-state index in [9.17, 15) is 14.7 Å². The molecule has 0 unspecified atom stereocenters. The molecule has 0 heterocycles. The second kappa shape index (κ2) is 30.4. The van der Waals surface area contributed by atoms with Crippen LogP contribution in [0.5, 0.6) is 0 Å².